The number of hydrogen-bond acceptors (Lipinski definition) is 6. The summed E-state index contributed by atoms with van der Waals surface area (Å²) in [6, 6.07) is 0. The third-order valence-corrected chi connectivity index (χ3v) is 3.36. The van der Waals surface area contributed by atoms with Crippen LogP contribution in [0, 0.1) is 6.92 Å². The Hall–Kier alpha value is -1.40. The van der Waals surface area contributed by atoms with E-state index in [1.807, 2.05) is 7.05 Å². The molecule has 1 N–H and O–H groups in total. The van der Waals surface area contributed by atoms with E-state index in [0.29, 0.717) is 6.61 Å². The van der Waals surface area contributed by atoms with Gasteiger partial charge in [-0.05, 0) is 13.3 Å². The van der Waals surface area contributed by atoms with Crippen molar-refractivity contribution >= 4 is 11.6 Å². The summed E-state index contributed by atoms with van der Waals surface area (Å²) in [5, 5.41) is 3.15. The summed E-state index contributed by atoms with van der Waals surface area (Å²) in [6.45, 7) is 7.24. The van der Waals surface area contributed by atoms with Crippen molar-refractivity contribution in [3.63, 3.8) is 0 Å². The second kappa shape index (κ2) is 9.52. The zero-order valence-electron chi connectivity index (χ0n) is 13.9. The normalized spacial score (nSPS) is 10.7. The number of anilines is 2. The molecule has 120 valence electrons. The van der Waals surface area contributed by atoms with Gasteiger partial charge in [-0.2, -0.15) is 0 Å². The predicted molar refractivity (Wildman–Crippen MR) is 86.3 cm³/mol. The highest BCUT2D eigenvalue weighted by Gasteiger charge is 2.15. The van der Waals surface area contributed by atoms with Crippen LogP contribution in [0.4, 0.5) is 11.6 Å². The highest BCUT2D eigenvalue weighted by Crippen LogP contribution is 2.23. The van der Waals surface area contributed by atoms with Crippen LogP contribution in [0.25, 0.3) is 0 Å². The number of hydrogen-bond donors (Lipinski definition) is 1. The summed E-state index contributed by atoms with van der Waals surface area (Å²) in [5.74, 6) is 2.74. The highest BCUT2D eigenvalue weighted by molar-refractivity contribution is 5.58. The Morgan fingerprint density at radius 2 is 1.81 bits per heavy atom. The quantitative estimate of drug-likeness (QED) is 0.665. The standard InChI is InChI=1S/C15H28N4O2/c1-6-13-17-14(16-3)12(2)15(18-13)19(9-11-21-5)8-7-10-20-4/h6-11H2,1-5H3,(H,16,17,18). The van der Waals surface area contributed by atoms with Crippen molar-refractivity contribution in [3.8, 4) is 0 Å². The molecule has 0 spiro atoms. The monoisotopic (exact) mass is 296 g/mol. The van der Waals surface area contributed by atoms with Crippen molar-refractivity contribution in [2.24, 2.45) is 0 Å². The fourth-order valence-corrected chi connectivity index (χ4v) is 2.18. The van der Waals surface area contributed by atoms with Crippen LogP contribution in [0.3, 0.4) is 0 Å². The van der Waals surface area contributed by atoms with Crippen LogP contribution in [0.1, 0.15) is 24.7 Å². The third-order valence-electron chi connectivity index (χ3n) is 3.36. The lowest BCUT2D eigenvalue weighted by atomic mass is 10.2. The van der Waals surface area contributed by atoms with E-state index in [2.05, 4.69) is 29.0 Å². The van der Waals surface area contributed by atoms with E-state index in [4.69, 9.17) is 14.5 Å². The molecule has 0 fully saturated rings. The molecule has 0 saturated heterocycles. The fraction of sp³-hybridized carbons (Fsp3) is 0.733. The van der Waals surface area contributed by atoms with Gasteiger partial charge in [-0.15, -0.1) is 0 Å². The SMILES string of the molecule is CCc1nc(NC)c(C)c(N(CCCOC)CCOC)n1. The molecule has 0 saturated carbocycles. The maximum atomic E-state index is 5.22. The number of nitrogens with zero attached hydrogens (tertiary/aromatic N) is 3. The maximum Gasteiger partial charge on any atom is 0.137 e. The Balaban J connectivity index is 3.02. The molecule has 0 aliphatic carbocycles. The third kappa shape index (κ3) is 5.13. The second-order valence-electron chi connectivity index (χ2n) is 4.87. The van der Waals surface area contributed by atoms with Gasteiger partial charge in [0.2, 0.25) is 0 Å². The van der Waals surface area contributed by atoms with Crippen LogP contribution < -0.4 is 10.2 Å². The maximum absolute atomic E-state index is 5.22. The molecule has 0 aliphatic heterocycles. The Kier molecular flexibility index (Phi) is 8.00. The van der Waals surface area contributed by atoms with E-state index in [1.165, 1.54) is 0 Å². The van der Waals surface area contributed by atoms with E-state index in [1.54, 1.807) is 14.2 Å². The predicted octanol–water partition coefficient (Wildman–Crippen LogP) is 1.88. The number of aromatic nitrogens is 2. The minimum absolute atomic E-state index is 0.673. The first-order valence-electron chi connectivity index (χ1n) is 7.45. The lowest BCUT2D eigenvalue weighted by Gasteiger charge is -2.26. The van der Waals surface area contributed by atoms with Crippen molar-refractivity contribution in [2.75, 3.05) is 57.8 Å². The topological polar surface area (TPSA) is 59.5 Å². The average Bonchev–Trinajstić information content (AvgIpc) is 2.51. The smallest absolute Gasteiger partial charge is 0.137 e. The average molecular weight is 296 g/mol. The largest absolute Gasteiger partial charge is 0.385 e. The van der Waals surface area contributed by atoms with Crippen molar-refractivity contribution in [2.45, 2.75) is 26.7 Å². The van der Waals surface area contributed by atoms with Crippen molar-refractivity contribution in [3.05, 3.63) is 11.4 Å². The molecule has 0 atom stereocenters. The van der Waals surface area contributed by atoms with Crippen molar-refractivity contribution in [1.82, 2.24) is 9.97 Å². The number of rotatable bonds is 10. The van der Waals surface area contributed by atoms with E-state index < -0.39 is 0 Å². The Morgan fingerprint density at radius 3 is 2.38 bits per heavy atom. The fourth-order valence-electron chi connectivity index (χ4n) is 2.18. The number of nitrogens with one attached hydrogen (secondary N) is 1. The minimum Gasteiger partial charge on any atom is -0.385 e. The first kappa shape index (κ1) is 17.7. The molecule has 6 heteroatoms. The molecule has 1 rings (SSSR count). The van der Waals surface area contributed by atoms with Crippen molar-refractivity contribution < 1.29 is 9.47 Å². The van der Waals surface area contributed by atoms with Gasteiger partial charge in [0.1, 0.15) is 17.5 Å². The second-order valence-corrected chi connectivity index (χ2v) is 4.87. The summed E-state index contributed by atoms with van der Waals surface area (Å²) in [6.07, 6.45) is 1.78. The van der Waals surface area contributed by atoms with Crippen LogP contribution in [-0.4, -0.2) is 57.5 Å². The van der Waals surface area contributed by atoms with Gasteiger partial charge in [-0.25, -0.2) is 9.97 Å². The Labute approximate surface area is 127 Å². The first-order valence-corrected chi connectivity index (χ1v) is 7.45. The summed E-state index contributed by atoms with van der Waals surface area (Å²) < 4.78 is 10.4. The molecule has 1 aromatic heterocycles. The molecule has 1 aromatic rings. The van der Waals surface area contributed by atoms with Gasteiger partial charge in [-0.1, -0.05) is 6.92 Å². The lowest BCUT2D eigenvalue weighted by molar-refractivity contribution is 0.191. The molecular weight excluding hydrogens is 268 g/mol. The molecule has 1 heterocycles. The zero-order chi connectivity index (χ0) is 15.7. The van der Waals surface area contributed by atoms with E-state index in [0.717, 1.165) is 55.6 Å². The Bertz CT molecular complexity index is 426. The van der Waals surface area contributed by atoms with E-state index in [-0.39, 0.29) is 0 Å². The zero-order valence-corrected chi connectivity index (χ0v) is 13.9. The van der Waals surface area contributed by atoms with E-state index >= 15 is 0 Å². The van der Waals surface area contributed by atoms with Crippen LogP contribution in [-0.2, 0) is 15.9 Å². The van der Waals surface area contributed by atoms with Crippen LogP contribution in [0.15, 0.2) is 0 Å². The molecule has 21 heavy (non-hydrogen) atoms. The molecule has 0 amide bonds. The van der Waals surface area contributed by atoms with Gasteiger partial charge in [-0.3, -0.25) is 0 Å². The first-order chi connectivity index (χ1) is 10.2. The van der Waals surface area contributed by atoms with Crippen LogP contribution >= 0.6 is 0 Å². The molecule has 0 unspecified atom stereocenters. The summed E-state index contributed by atoms with van der Waals surface area (Å²) in [4.78, 5) is 11.5. The van der Waals surface area contributed by atoms with Gasteiger partial charge in [0.05, 0.1) is 6.61 Å². The lowest BCUT2D eigenvalue weighted by Crippen LogP contribution is -2.31. The molecule has 6 nitrogen and oxygen atoms in total. The van der Waals surface area contributed by atoms with Gasteiger partial charge >= 0.3 is 0 Å². The number of aryl methyl sites for hydroxylation is 1. The Morgan fingerprint density at radius 1 is 1.10 bits per heavy atom. The van der Waals surface area contributed by atoms with Gasteiger partial charge < -0.3 is 19.7 Å². The molecule has 0 aromatic carbocycles. The summed E-state index contributed by atoms with van der Waals surface area (Å²) >= 11 is 0. The molecular formula is C15H28N4O2. The molecule has 0 radical (unpaired) electrons. The summed E-state index contributed by atoms with van der Waals surface area (Å²) in [5.41, 5.74) is 1.07. The van der Waals surface area contributed by atoms with Gasteiger partial charge in [0.25, 0.3) is 0 Å². The number of ether oxygens (including phenoxy) is 2. The summed E-state index contributed by atoms with van der Waals surface area (Å²) in [7, 11) is 5.34. The molecule has 0 bridgehead atoms. The van der Waals surface area contributed by atoms with Crippen LogP contribution in [0.5, 0.6) is 0 Å². The van der Waals surface area contributed by atoms with E-state index in [9.17, 15) is 0 Å². The van der Waals surface area contributed by atoms with Crippen molar-refractivity contribution in [1.29, 1.82) is 0 Å². The van der Waals surface area contributed by atoms with Gasteiger partial charge in [0.15, 0.2) is 0 Å². The number of methoxy groups -OCH3 is 2. The molecule has 0 aliphatic rings. The van der Waals surface area contributed by atoms with Crippen LogP contribution in [0.2, 0.25) is 0 Å². The minimum atomic E-state index is 0.673. The highest BCUT2D eigenvalue weighted by atomic mass is 16.5. The van der Waals surface area contributed by atoms with Gasteiger partial charge in [0, 0.05) is 52.9 Å².